The Kier molecular flexibility index (Phi) is 7.08. The summed E-state index contributed by atoms with van der Waals surface area (Å²) in [7, 11) is 1.33. The Morgan fingerprint density at radius 2 is 1.83 bits per heavy atom. The molecule has 3 aromatic rings. The summed E-state index contributed by atoms with van der Waals surface area (Å²) in [5.41, 5.74) is 1.57. The zero-order chi connectivity index (χ0) is 21.0. The summed E-state index contributed by atoms with van der Waals surface area (Å²) < 4.78 is 12.9. The molecule has 1 aromatic heterocycles. The Labute approximate surface area is 181 Å². The highest BCUT2D eigenvalue weighted by molar-refractivity contribution is 7.16. The highest BCUT2D eigenvalue weighted by Gasteiger charge is 2.13. The van der Waals surface area contributed by atoms with E-state index in [1.165, 1.54) is 30.6 Å². The number of nitrogens with zero attached hydrogens (tertiary/aromatic N) is 2. The van der Waals surface area contributed by atoms with Crippen molar-refractivity contribution in [1.82, 2.24) is 4.57 Å². The van der Waals surface area contributed by atoms with Gasteiger partial charge in [0, 0.05) is 28.8 Å². The summed E-state index contributed by atoms with van der Waals surface area (Å²) >= 11 is 13.3. The van der Waals surface area contributed by atoms with Crippen LogP contribution in [0.15, 0.2) is 41.4 Å². The van der Waals surface area contributed by atoms with Crippen molar-refractivity contribution < 1.29 is 19.1 Å². The number of rotatable bonds is 6. The van der Waals surface area contributed by atoms with Gasteiger partial charge in [-0.25, -0.2) is 4.79 Å². The van der Waals surface area contributed by atoms with E-state index in [1.54, 1.807) is 18.2 Å². The summed E-state index contributed by atoms with van der Waals surface area (Å²) in [4.78, 5) is 29.3. The number of methoxy groups -OCH3 is 1. The fourth-order valence-electron chi connectivity index (χ4n) is 2.75. The van der Waals surface area contributed by atoms with Crippen molar-refractivity contribution in [3.63, 3.8) is 0 Å². The van der Waals surface area contributed by atoms with Crippen molar-refractivity contribution >= 4 is 56.6 Å². The van der Waals surface area contributed by atoms with Crippen LogP contribution >= 0.6 is 34.5 Å². The van der Waals surface area contributed by atoms with Gasteiger partial charge in [0.2, 0.25) is 0 Å². The molecular weight excluding hydrogens is 435 g/mol. The highest BCUT2D eigenvalue weighted by Crippen LogP contribution is 2.22. The number of thiazole rings is 1. The minimum absolute atomic E-state index is 0.298. The van der Waals surface area contributed by atoms with Crippen LogP contribution in [0.1, 0.15) is 27.6 Å². The number of esters is 1. The van der Waals surface area contributed by atoms with E-state index < -0.39 is 11.9 Å². The maximum atomic E-state index is 12.7. The molecule has 0 radical (unpaired) electrons. The fourth-order valence-corrected chi connectivity index (χ4v) is 4.37. The van der Waals surface area contributed by atoms with E-state index in [0.717, 1.165) is 10.2 Å². The number of halogens is 2. The lowest BCUT2D eigenvalue weighted by Crippen LogP contribution is -2.19. The van der Waals surface area contributed by atoms with Crippen molar-refractivity contribution in [2.45, 2.75) is 13.5 Å². The second kappa shape index (κ2) is 9.54. The topological polar surface area (TPSA) is 69.9 Å². The van der Waals surface area contributed by atoms with Crippen LogP contribution < -0.4 is 4.80 Å². The molecular formula is C20H18Cl2N2O4S. The van der Waals surface area contributed by atoms with E-state index in [9.17, 15) is 9.59 Å². The lowest BCUT2D eigenvalue weighted by atomic mass is 10.2. The minimum atomic E-state index is -0.459. The molecule has 0 atom stereocenters. The van der Waals surface area contributed by atoms with E-state index >= 15 is 0 Å². The first-order chi connectivity index (χ1) is 13.9. The Bertz CT molecular complexity index is 1120. The van der Waals surface area contributed by atoms with Gasteiger partial charge in [-0.3, -0.25) is 4.79 Å². The van der Waals surface area contributed by atoms with Gasteiger partial charge < -0.3 is 14.0 Å². The fraction of sp³-hybridized carbons (Fsp3) is 0.250. The van der Waals surface area contributed by atoms with Gasteiger partial charge in [0.15, 0.2) is 4.80 Å². The first-order valence-electron chi connectivity index (χ1n) is 8.77. The number of hydrogen-bond acceptors (Lipinski definition) is 5. The lowest BCUT2D eigenvalue weighted by Gasteiger charge is -2.06. The van der Waals surface area contributed by atoms with Crippen molar-refractivity contribution in [3.8, 4) is 0 Å². The Hall–Kier alpha value is -2.19. The van der Waals surface area contributed by atoms with Gasteiger partial charge in [-0.15, -0.1) is 0 Å². The second-order valence-electron chi connectivity index (χ2n) is 5.98. The molecule has 0 aliphatic carbocycles. The van der Waals surface area contributed by atoms with Gasteiger partial charge >= 0.3 is 5.97 Å². The number of carbonyl (C=O) groups is 2. The SMILES string of the molecule is CCOCCn1c(=NC(=O)c2cc(Cl)cc(Cl)c2)sc2cc(C(=O)OC)ccc21. The summed E-state index contributed by atoms with van der Waals surface area (Å²) in [6.07, 6.45) is 0. The number of carbonyl (C=O) groups excluding carboxylic acids is 2. The minimum Gasteiger partial charge on any atom is -0.465 e. The smallest absolute Gasteiger partial charge is 0.337 e. The first-order valence-corrected chi connectivity index (χ1v) is 10.3. The Morgan fingerprint density at radius 3 is 2.48 bits per heavy atom. The predicted molar refractivity (Wildman–Crippen MR) is 114 cm³/mol. The van der Waals surface area contributed by atoms with Crippen molar-refractivity contribution in [3.05, 3.63) is 62.4 Å². The zero-order valence-corrected chi connectivity index (χ0v) is 18.1. The van der Waals surface area contributed by atoms with Gasteiger partial charge in [-0.05, 0) is 43.3 Å². The van der Waals surface area contributed by atoms with E-state index in [0.29, 0.717) is 45.7 Å². The number of fused-ring (bicyclic) bond motifs is 1. The van der Waals surface area contributed by atoms with Crippen LogP contribution in [-0.4, -0.2) is 36.8 Å². The molecule has 0 unspecified atom stereocenters. The van der Waals surface area contributed by atoms with Crippen molar-refractivity contribution in [2.75, 3.05) is 20.3 Å². The standard InChI is InChI=1S/C20H18Cl2N2O4S/c1-3-28-7-6-24-16-5-4-12(19(26)27-2)10-17(16)29-20(24)23-18(25)13-8-14(21)11-15(22)9-13/h4-5,8-11H,3,6-7H2,1-2H3. The van der Waals surface area contributed by atoms with E-state index in [4.69, 9.17) is 32.7 Å². The zero-order valence-electron chi connectivity index (χ0n) is 15.8. The molecule has 3 rings (SSSR count). The summed E-state index contributed by atoms with van der Waals surface area (Å²) in [6, 6.07) is 9.81. The predicted octanol–water partition coefficient (Wildman–Crippen LogP) is 4.57. The van der Waals surface area contributed by atoms with Crippen LogP contribution in [0.5, 0.6) is 0 Å². The number of benzene rings is 2. The molecule has 0 saturated carbocycles. The third kappa shape index (κ3) is 5.05. The molecule has 0 aliphatic heterocycles. The molecule has 1 amide bonds. The highest BCUT2D eigenvalue weighted by atomic mass is 35.5. The quantitative estimate of drug-likeness (QED) is 0.405. The number of amides is 1. The third-order valence-electron chi connectivity index (χ3n) is 4.07. The molecule has 29 heavy (non-hydrogen) atoms. The molecule has 0 bridgehead atoms. The summed E-state index contributed by atoms with van der Waals surface area (Å²) in [5.74, 6) is -0.886. The molecule has 152 valence electrons. The lowest BCUT2D eigenvalue weighted by molar-refractivity contribution is 0.0600. The van der Waals surface area contributed by atoms with Crippen LogP contribution in [0.2, 0.25) is 10.0 Å². The summed E-state index contributed by atoms with van der Waals surface area (Å²) in [6.45, 7) is 3.47. The largest absolute Gasteiger partial charge is 0.465 e. The maximum absolute atomic E-state index is 12.7. The molecule has 0 fully saturated rings. The van der Waals surface area contributed by atoms with E-state index in [1.807, 2.05) is 17.6 Å². The maximum Gasteiger partial charge on any atom is 0.337 e. The van der Waals surface area contributed by atoms with Crippen LogP contribution in [0.4, 0.5) is 0 Å². The van der Waals surface area contributed by atoms with Crippen molar-refractivity contribution in [1.29, 1.82) is 0 Å². The van der Waals surface area contributed by atoms with Gasteiger partial charge in [0.1, 0.15) is 0 Å². The summed E-state index contributed by atoms with van der Waals surface area (Å²) in [5, 5.41) is 0.721. The molecule has 2 aromatic carbocycles. The van der Waals surface area contributed by atoms with Gasteiger partial charge in [0.05, 0.1) is 29.5 Å². The third-order valence-corrected chi connectivity index (χ3v) is 5.55. The average molecular weight is 453 g/mol. The van der Waals surface area contributed by atoms with Crippen LogP contribution in [0, 0.1) is 0 Å². The van der Waals surface area contributed by atoms with Gasteiger partial charge in [0.25, 0.3) is 5.91 Å². The molecule has 9 heteroatoms. The molecule has 1 heterocycles. The molecule has 0 spiro atoms. The van der Waals surface area contributed by atoms with Gasteiger partial charge in [-0.2, -0.15) is 4.99 Å². The molecule has 0 N–H and O–H groups in total. The van der Waals surface area contributed by atoms with Crippen LogP contribution in [0.25, 0.3) is 10.2 Å². The molecule has 0 aliphatic rings. The van der Waals surface area contributed by atoms with Gasteiger partial charge in [-0.1, -0.05) is 34.5 Å². The normalized spacial score (nSPS) is 11.8. The molecule has 6 nitrogen and oxygen atoms in total. The number of ether oxygens (including phenoxy) is 2. The van der Waals surface area contributed by atoms with Crippen LogP contribution in [-0.2, 0) is 16.0 Å². The van der Waals surface area contributed by atoms with E-state index in [-0.39, 0.29) is 0 Å². The Morgan fingerprint density at radius 1 is 1.10 bits per heavy atom. The van der Waals surface area contributed by atoms with Crippen LogP contribution in [0.3, 0.4) is 0 Å². The second-order valence-corrected chi connectivity index (χ2v) is 7.86. The molecule has 0 saturated heterocycles. The number of aromatic nitrogens is 1. The Balaban J connectivity index is 2.10. The number of hydrogen-bond donors (Lipinski definition) is 0. The monoisotopic (exact) mass is 452 g/mol. The van der Waals surface area contributed by atoms with Crippen molar-refractivity contribution in [2.24, 2.45) is 4.99 Å². The van der Waals surface area contributed by atoms with E-state index in [2.05, 4.69) is 4.99 Å². The first kappa shape index (κ1) is 21.5. The average Bonchev–Trinajstić information content (AvgIpc) is 3.03.